The molecule has 0 saturated heterocycles. The molecule has 0 amide bonds. The van der Waals surface area contributed by atoms with Crippen LogP contribution >= 0.6 is 0 Å². The zero-order chi connectivity index (χ0) is 24.1. The van der Waals surface area contributed by atoms with Gasteiger partial charge in [0, 0.05) is 17.3 Å². The average Bonchev–Trinajstić information content (AvgIpc) is 2.87. The van der Waals surface area contributed by atoms with Crippen molar-refractivity contribution in [3.63, 3.8) is 0 Å². The van der Waals surface area contributed by atoms with E-state index in [2.05, 4.69) is 29.4 Å². The van der Waals surface area contributed by atoms with E-state index in [1.54, 1.807) is 11.2 Å². The molecule has 0 bridgehead atoms. The summed E-state index contributed by atoms with van der Waals surface area (Å²) < 4.78 is 11.6. The quantitative estimate of drug-likeness (QED) is 0.321. The Bertz CT molecular complexity index is 1280. The highest BCUT2D eigenvalue weighted by atomic mass is 16.5. The highest BCUT2D eigenvalue weighted by molar-refractivity contribution is 6.03. The summed E-state index contributed by atoms with van der Waals surface area (Å²) in [5, 5.41) is 6.17. The molecule has 3 aromatic rings. The molecule has 0 N–H and O–H groups in total. The van der Waals surface area contributed by atoms with Gasteiger partial charge in [-0.25, -0.2) is 9.80 Å². The number of carbonyl (C=O) groups is 1. The summed E-state index contributed by atoms with van der Waals surface area (Å²) in [6.07, 6.45) is 3.62. The number of nitrogens with zero attached hydrogens (tertiary/aromatic N) is 2. The third-order valence-corrected chi connectivity index (χ3v) is 5.63. The number of ether oxygens (including phenoxy) is 2. The van der Waals surface area contributed by atoms with Crippen LogP contribution in [0.25, 0.3) is 22.6 Å². The van der Waals surface area contributed by atoms with Crippen molar-refractivity contribution in [2.75, 3.05) is 7.11 Å². The molecule has 0 unspecified atom stereocenters. The number of esters is 1. The van der Waals surface area contributed by atoms with Crippen LogP contribution in [-0.4, -0.2) is 24.3 Å². The molecule has 5 heteroatoms. The second kappa shape index (κ2) is 10.2. The van der Waals surface area contributed by atoms with E-state index in [9.17, 15) is 4.79 Å². The van der Waals surface area contributed by atoms with Gasteiger partial charge in [-0.1, -0.05) is 72.8 Å². The number of methoxy groups -OCH3 is 1. The number of rotatable bonds is 6. The summed E-state index contributed by atoms with van der Waals surface area (Å²) in [5.41, 5.74) is 7.02. The molecule has 0 spiro atoms. The monoisotopic (exact) mass is 452 g/mol. The van der Waals surface area contributed by atoms with Crippen LogP contribution in [0.1, 0.15) is 36.1 Å². The van der Waals surface area contributed by atoms with Crippen molar-refractivity contribution in [1.82, 2.24) is 5.01 Å². The van der Waals surface area contributed by atoms with E-state index in [1.807, 2.05) is 75.4 Å². The van der Waals surface area contributed by atoms with Gasteiger partial charge in [-0.3, -0.25) is 0 Å². The Hall–Kier alpha value is -4.12. The maximum absolute atomic E-state index is 13.1. The second-order valence-corrected chi connectivity index (χ2v) is 7.90. The third kappa shape index (κ3) is 4.37. The van der Waals surface area contributed by atoms with E-state index in [4.69, 9.17) is 9.47 Å². The van der Waals surface area contributed by atoms with E-state index in [0.29, 0.717) is 12.4 Å². The molecule has 34 heavy (non-hydrogen) atoms. The third-order valence-electron chi connectivity index (χ3n) is 5.63. The van der Waals surface area contributed by atoms with Gasteiger partial charge >= 0.3 is 5.97 Å². The van der Waals surface area contributed by atoms with Gasteiger partial charge in [0.15, 0.2) is 11.5 Å². The molecule has 4 rings (SSSR count). The Morgan fingerprint density at radius 1 is 0.971 bits per heavy atom. The average molecular weight is 453 g/mol. The van der Waals surface area contributed by atoms with Crippen LogP contribution < -0.4 is 0 Å². The van der Waals surface area contributed by atoms with Gasteiger partial charge in [-0.15, -0.1) is 0 Å². The molecule has 0 aromatic heterocycles. The number of allylic oxidation sites excluding steroid dienone is 1. The maximum Gasteiger partial charge on any atom is 0.360 e. The first-order chi connectivity index (χ1) is 16.6. The van der Waals surface area contributed by atoms with Gasteiger partial charge in [0.1, 0.15) is 6.61 Å². The van der Waals surface area contributed by atoms with Crippen LogP contribution in [0.4, 0.5) is 0 Å². The number of hydrogen-bond donors (Lipinski definition) is 0. The number of hydrazone groups is 1. The first-order valence-electron chi connectivity index (χ1n) is 11.2. The molecule has 0 fully saturated rings. The number of benzene rings is 3. The van der Waals surface area contributed by atoms with Crippen molar-refractivity contribution in [3.8, 4) is 11.1 Å². The van der Waals surface area contributed by atoms with Gasteiger partial charge in [-0.05, 0) is 49.1 Å². The van der Waals surface area contributed by atoms with Crippen molar-refractivity contribution in [3.05, 3.63) is 107 Å². The van der Waals surface area contributed by atoms with Crippen molar-refractivity contribution in [2.45, 2.75) is 27.4 Å². The van der Waals surface area contributed by atoms with Crippen LogP contribution in [-0.2, 0) is 20.9 Å². The number of carbonyl (C=O) groups excluding carboxylic acids is 1. The second-order valence-electron chi connectivity index (χ2n) is 7.90. The summed E-state index contributed by atoms with van der Waals surface area (Å²) in [6.45, 7) is 6.11. The minimum Gasteiger partial charge on any atom is -0.486 e. The van der Waals surface area contributed by atoms with Crippen LogP contribution in [0, 0.1) is 6.92 Å². The molecule has 1 aliphatic heterocycles. The fraction of sp³-hybridized carbons (Fsp3) is 0.172. The van der Waals surface area contributed by atoms with Crippen molar-refractivity contribution in [2.24, 2.45) is 5.10 Å². The van der Waals surface area contributed by atoms with Crippen molar-refractivity contribution in [1.29, 1.82) is 0 Å². The predicted molar refractivity (Wildman–Crippen MR) is 136 cm³/mol. The largest absolute Gasteiger partial charge is 0.486 e. The first kappa shape index (κ1) is 23.1. The van der Waals surface area contributed by atoms with Crippen LogP contribution in [0.3, 0.4) is 0 Å². The van der Waals surface area contributed by atoms with Crippen LogP contribution in [0.2, 0.25) is 0 Å². The smallest absolute Gasteiger partial charge is 0.360 e. The highest BCUT2D eigenvalue weighted by Crippen LogP contribution is 2.45. The Labute approximate surface area is 200 Å². The lowest BCUT2D eigenvalue weighted by Crippen LogP contribution is -2.29. The fourth-order valence-corrected chi connectivity index (χ4v) is 4.19. The Balaban J connectivity index is 2.01. The normalized spacial score (nSPS) is 14.5. The van der Waals surface area contributed by atoms with Gasteiger partial charge in [0.25, 0.3) is 0 Å². The molecule has 1 aliphatic rings. The minimum atomic E-state index is -0.513. The van der Waals surface area contributed by atoms with E-state index in [0.717, 1.165) is 39.1 Å². The van der Waals surface area contributed by atoms with Crippen molar-refractivity contribution < 1.29 is 14.3 Å². The lowest BCUT2D eigenvalue weighted by molar-refractivity contribution is -0.137. The highest BCUT2D eigenvalue weighted by Gasteiger charge is 2.36. The van der Waals surface area contributed by atoms with Gasteiger partial charge in [-0.2, -0.15) is 5.10 Å². The summed E-state index contributed by atoms with van der Waals surface area (Å²) >= 11 is 0. The van der Waals surface area contributed by atoms with E-state index in [1.165, 1.54) is 7.11 Å². The number of aryl methyl sites for hydroxylation is 1. The van der Waals surface area contributed by atoms with E-state index in [-0.39, 0.29) is 5.70 Å². The summed E-state index contributed by atoms with van der Waals surface area (Å²) in [4.78, 5) is 13.1. The zero-order valence-electron chi connectivity index (χ0n) is 19.9. The van der Waals surface area contributed by atoms with Gasteiger partial charge < -0.3 is 9.47 Å². The van der Waals surface area contributed by atoms with E-state index < -0.39 is 5.97 Å². The molecular formula is C29H28N2O3. The van der Waals surface area contributed by atoms with Gasteiger partial charge in [0.05, 0.1) is 12.8 Å². The molecule has 0 atom stereocenters. The zero-order valence-corrected chi connectivity index (χ0v) is 19.9. The fourth-order valence-electron chi connectivity index (χ4n) is 4.19. The van der Waals surface area contributed by atoms with Crippen LogP contribution in [0.5, 0.6) is 0 Å². The molecule has 1 heterocycles. The van der Waals surface area contributed by atoms with Crippen molar-refractivity contribution >= 4 is 23.6 Å². The first-order valence-corrected chi connectivity index (χ1v) is 11.2. The predicted octanol–water partition coefficient (Wildman–Crippen LogP) is 6.40. The topological polar surface area (TPSA) is 51.1 Å². The van der Waals surface area contributed by atoms with Gasteiger partial charge in [0.2, 0.25) is 0 Å². The Kier molecular flexibility index (Phi) is 6.93. The number of hydrogen-bond acceptors (Lipinski definition) is 5. The van der Waals surface area contributed by atoms with Crippen LogP contribution in [0.15, 0.2) is 89.7 Å². The molecule has 172 valence electrons. The lowest BCUT2D eigenvalue weighted by atomic mass is 9.87. The van der Waals surface area contributed by atoms with E-state index >= 15 is 0 Å². The summed E-state index contributed by atoms with van der Waals surface area (Å²) in [5.74, 6) is -0.0655. The summed E-state index contributed by atoms with van der Waals surface area (Å²) in [7, 11) is 1.37. The minimum absolute atomic E-state index is 0.252. The Morgan fingerprint density at radius 3 is 2.24 bits per heavy atom. The lowest BCUT2D eigenvalue weighted by Gasteiger charge is -2.33. The molecule has 0 saturated carbocycles. The number of fused-ring (bicyclic) bond motifs is 1. The molecule has 0 aliphatic carbocycles. The molecule has 3 aromatic carbocycles. The maximum atomic E-state index is 13.1. The molecule has 5 nitrogen and oxygen atoms in total. The summed E-state index contributed by atoms with van der Waals surface area (Å²) in [6, 6.07) is 24.3. The molecular weight excluding hydrogens is 424 g/mol. The SMILES string of the molecule is C/C=N\N1C(C(=O)OC)=C(OCc2ccccc2)c2cc(C)cc(-c3ccccc3)c2/C1=C\C. The standard InChI is InChI=1S/C29H28N2O3/c1-5-25-26-23(22-15-11-8-12-16-22)17-20(3)18-24(26)28(34-19-21-13-9-7-10-14-21)27(29(32)33-4)31(25)30-6-2/h5-18H,19H2,1-4H3/b25-5+,30-6-. The molecule has 0 radical (unpaired) electrons. The Morgan fingerprint density at radius 2 is 1.62 bits per heavy atom.